The van der Waals surface area contributed by atoms with E-state index in [-0.39, 0.29) is 6.04 Å². The number of nitrogens with zero attached hydrogens (tertiary/aromatic N) is 1. The lowest BCUT2D eigenvalue weighted by Gasteiger charge is -2.34. The number of hydrogen-bond donors (Lipinski definition) is 1. The fourth-order valence-electron chi connectivity index (χ4n) is 2.16. The van der Waals surface area contributed by atoms with Crippen LogP contribution in [0.4, 0.5) is 10.5 Å². The normalized spacial score (nSPS) is 18.7. The molecule has 0 fully saturated rings. The van der Waals surface area contributed by atoms with Gasteiger partial charge in [-0.15, -0.1) is 0 Å². The van der Waals surface area contributed by atoms with Crippen LogP contribution in [0.15, 0.2) is 12.1 Å². The first-order valence-electron chi connectivity index (χ1n) is 6.44. The van der Waals surface area contributed by atoms with Gasteiger partial charge in [-0.25, -0.2) is 4.79 Å². The average molecular weight is 317 g/mol. The minimum atomic E-state index is -0.568. The largest absolute Gasteiger partial charge is 0.443 e. The molecular weight excluding hydrogens is 299 g/mol. The van der Waals surface area contributed by atoms with Gasteiger partial charge in [0.15, 0.2) is 0 Å². The van der Waals surface area contributed by atoms with Crippen molar-refractivity contribution < 1.29 is 9.53 Å². The molecule has 4 nitrogen and oxygen atoms in total. The standard InChI is InChI=1S/C14H18Cl2N2O2/c1-14(2,3)20-13(19)18-7-6-10(17)8-4-5-9(15)11(16)12(8)18/h4-5,10H,6-7,17H2,1-3H3. The average Bonchev–Trinajstić information content (AvgIpc) is 2.32. The smallest absolute Gasteiger partial charge is 0.414 e. The van der Waals surface area contributed by atoms with Crippen molar-refractivity contribution >= 4 is 35.0 Å². The third kappa shape index (κ3) is 3.03. The maximum Gasteiger partial charge on any atom is 0.414 e. The first-order valence-corrected chi connectivity index (χ1v) is 7.20. The van der Waals surface area contributed by atoms with Gasteiger partial charge in [-0.05, 0) is 38.8 Å². The molecule has 1 aliphatic heterocycles. The fraction of sp³-hybridized carbons (Fsp3) is 0.500. The zero-order valence-corrected chi connectivity index (χ0v) is 13.3. The Morgan fingerprint density at radius 2 is 2.05 bits per heavy atom. The molecule has 1 aliphatic rings. The van der Waals surface area contributed by atoms with E-state index in [1.54, 1.807) is 6.07 Å². The third-order valence-corrected chi connectivity index (χ3v) is 3.84. The zero-order chi connectivity index (χ0) is 15.1. The van der Waals surface area contributed by atoms with Gasteiger partial charge in [-0.3, -0.25) is 4.90 Å². The third-order valence-electron chi connectivity index (χ3n) is 3.05. The molecule has 0 spiro atoms. The van der Waals surface area contributed by atoms with Gasteiger partial charge in [0, 0.05) is 12.6 Å². The highest BCUT2D eigenvalue weighted by Crippen LogP contribution is 2.42. The molecule has 0 saturated carbocycles. The van der Waals surface area contributed by atoms with Crippen molar-refractivity contribution in [2.45, 2.75) is 38.8 Å². The quantitative estimate of drug-likeness (QED) is 0.782. The van der Waals surface area contributed by atoms with Crippen LogP contribution in [0, 0.1) is 0 Å². The summed E-state index contributed by atoms with van der Waals surface area (Å²) in [5.74, 6) is 0. The van der Waals surface area contributed by atoms with Gasteiger partial charge in [0.25, 0.3) is 0 Å². The van der Waals surface area contributed by atoms with Crippen LogP contribution in [0.25, 0.3) is 0 Å². The van der Waals surface area contributed by atoms with E-state index in [1.165, 1.54) is 4.90 Å². The second kappa shape index (κ2) is 5.43. The molecule has 1 unspecified atom stereocenters. The number of ether oxygens (including phenoxy) is 1. The number of fused-ring (bicyclic) bond motifs is 1. The van der Waals surface area contributed by atoms with Crippen LogP contribution in [0.3, 0.4) is 0 Å². The molecule has 6 heteroatoms. The van der Waals surface area contributed by atoms with E-state index >= 15 is 0 Å². The van der Waals surface area contributed by atoms with Gasteiger partial charge in [0.1, 0.15) is 5.60 Å². The van der Waals surface area contributed by atoms with Gasteiger partial charge in [0.05, 0.1) is 15.7 Å². The minimum Gasteiger partial charge on any atom is -0.443 e. The van der Waals surface area contributed by atoms with E-state index in [1.807, 2.05) is 26.8 Å². The second-order valence-corrected chi connectivity index (χ2v) is 6.61. The van der Waals surface area contributed by atoms with Crippen molar-refractivity contribution in [3.8, 4) is 0 Å². The van der Waals surface area contributed by atoms with E-state index < -0.39 is 11.7 Å². The molecule has 1 atom stereocenters. The molecule has 1 aromatic carbocycles. The highest BCUT2D eigenvalue weighted by atomic mass is 35.5. The van der Waals surface area contributed by atoms with Crippen LogP contribution in [0.1, 0.15) is 38.8 Å². The van der Waals surface area contributed by atoms with Crippen LogP contribution < -0.4 is 10.6 Å². The summed E-state index contributed by atoms with van der Waals surface area (Å²) in [5, 5.41) is 0.734. The Balaban J connectivity index is 2.42. The van der Waals surface area contributed by atoms with Gasteiger partial charge < -0.3 is 10.5 Å². The van der Waals surface area contributed by atoms with E-state index in [9.17, 15) is 4.79 Å². The predicted molar refractivity (Wildman–Crippen MR) is 81.6 cm³/mol. The van der Waals surface area contributed by atoms with Crippen LogP contribution >= 0.6 is 23.2 Å². The Morgan fingerprint density at radius 3 is 2.65 bits per heavy atom. The van der Waals surface area contributed by atoms with E-state index in [4.69, 9.17) is 33.7 Å². The molecule has 2 rings (SSSR count). The van der Waals surface area contributed by atoms with Gasteiger partial charge in [-0.2, -0.15) is 0 Å². The van der Waals surface area contributed by atoms with E-state index in [0.29, 0.717) is 28.7 Å². The minimum absolute atomic E-state index is 0.154. The lowest BCUT2D eigenvalue weighted by molar-refractivity contribution is 0.0576. The Kier molecular flexibility index (Phi) is 4.19. The van der Waals surface area contributed by atoms with Crippen molar-refractivity contribution in [1.29, 1.82) is 0 Å². The van der Waals surface area contributed by atoms with E-state index in [2.05, 4.69) is 0 Å². The SMILES string of the molecule is CC(C)(C)OC(=O)N1CCC(N)c2ccc(Cl)c(Cl)c21. The summed E-state index contributed by atoms with van der Waals surface area (Å²) in [6.45, 7) is 5.92. The van der Waals surface area contributed by atoms with Crippen molar-refractivity contribution in [1.82, 2.24) is 0 Å². The summed E-state index contributed by atoms with van der Waals surface area (Å²) >= 11 is 12.3. The summed E-state index contributed by atoms with van der Waals surface area (Å²) < 4.78 is 5.41. The summed E-state index contributed by atoms with van der Waals surface area (Å²) in [6, 6.07) is 3.35. The predicted octanol–water partition coefficient (Wildman–Crippen LogP) is 4.14. The number of amides is 1. The Bertz CT molecular complexity index is 541. The van der Waals surface area contributed by atoms with Crippen LogP contribution in [-0.2, 0) is 4.74 Å². The molecule has 0 aromatic heterocycles. The summed E-state index contributed by atoms with van der Waals surface area (Å²) in [7, 11) is 0. The van der Waals surface area contributed by atoms with Gasteiger partial charge >= 0.3 is 6.09 Å². The molecule has 0 saturated heterocycles. The monoisotopic (exact) mass is 316 g/mol. The summed E-state index contributed by atoms with van der Waals surface area (Å²) in [4.78, 5) is 13.8. The fourth-order valence-corrected chi connectivity index (χ4v) is 2.59. The maximum absolute atomic E-state index is 12.3. The molecule has 110 valence electrons. The molecule has 1 heterocycles. The van der Waals surface area contributed by atoms with Gasteiger partial charge in [-0.1, -0.05) is 29.3 Å². The first kappa shape index (κ1) is 15.4. The number of benzene rings is 1. The molecule has 0 radical (unpaired) electrons. The van der Waals surface area contributed by atoms with Gasteiger partial charge in [0.2, 0.25) is 0 Å². The highest BCUT2D eigenvalue weighted by Gasteiger charge is 2.32. The highest BCUT2D eigenvalue weighted by molar-refractivity contribution is 6.44. The van der Waals surface area contributed by atoms with Crippen LogP contribution in [-0.4, -0.2) is 18.2 Å². The molecule has 2 N–H and O–H groups in total. The first-order chi connectivity index (χ1) is 9.20. The molecular formula is C14H18Cl2N2O2. The maximum atomic E-state index is 12.3. The number of anilines is 1. The second-order valence-electron chi connectivity index (χ2n) is 5.83. The lowest BCUT2D eigenvalue weighted by Crippen LogP contribution is -2.41. The van der Waals surface area contributed by atoms with Crippen molar-refractivity contribution in [3.05, 3.63) is 27.7 Å². The summed E-state index contributed by atoms with van der Waals surface area (Å²) in [5.41, 5.74) is 6.89. The van der Waals surface area contributed by atoms with Crippen LogP contribution in [0.2, 0.25) is 10.0 Å². The number of nitrogens with two attached hydrogens (primary N) is 1. The number of carbonyl (C=O) groups excluding carboxylic acids is 1. The number of rotatable bonds is 0. The molecule has 0 bridgehead atoms. The molecule has 0 aliphatic carbocycles. The Hall–Kier alpha value is -0.970. The molecule has 20 heavy (non-hydrogen) atoms. The zero-order valence-electron chi connectivity index (χ0n) is 11.7. The van der Waals surface area contributed by atoms with Crippen molar-refractivity contribution in [2.75, 3.05) is 11.4 Å². The Morgan fingerprint density at radius 1 is 1.40 bits per heavy atom. The van der Waals surface area contributed by atoms with E-state index in [0.717, 1.165) is 5.56 Å². The molecule has 1 aromatic rings. The number of hydrogen-bond acceptors (Lipinski definition) is 3. The van der Waals surface area contributed by atoms with Crippen molar-refractivity contribution in [2.24, 2.45) is 5.73 Å². The molecule has 1 amide bonds. The van der Waals surface area contributed by atoms with Crippen molar-refractivity contribution in [3.63, 3.8) is 0 Å². The Labute approximate surface area is 128 Å². The number of carbonyl (C=O) groups is 1. The topological polar surface area (TPSA) is 55.6 Å². The summed E-state index contributed by atoms with van der Waals surface area (Å²) in [6.07, 6.45) is 0.222. The lowest BCUT2D eigenvalue weighted by atomic mass is 9.97. The van der Waals surface area contributed by atoms with Crippen LogP contribution in [0.5, 0.6) is 0 Å². The number of halogens is 2.